The second-order valence-corrected chi connectivity index (χ2v) is 5.63. The first kappa shape index (κ1) is 15.1. The van der Waals surface area contributed by atoms with Crippen LogP contribution in [0.5, 0.6) is 0 Å². The number of rotatable bonds is 5. The Hall–Kier alpha value is -2.25. The monoisotopic (exact) mass is 305 g/mol. The number of carboxylic acids is 1. The highest BCUT2D eigenvalue weighted by Gasteiger charge is 2.30. The molecule has 2 aromatic rings. The molecule has 2 rings (SSSR count). The molecule has 6 nitrogen and oxygen atoms in total. The maximum Gasteiger partial charge on any atom is 0.355 e. The molecule has 0 fully saturated rings. The van der Waals surface area contributed by atoms with Crippen molar-refractivity contribution in [3.05, 3.63) is 52.0 Å². The van der Waals surface area contributed by atoms with Crippen LogP contribution in [0.3, 0.4) is 0 Å². The van der Waals surface area contributed by atoms with E-state index in [0.717, 1.165) is 0 Å². The lowest BCUT2D eigenvalue weighted by atomic mass is 9.92. The molecule has 1 heterocycles. The Morgan fingerprint density at radius 3 is 2.62 bits per heavy atom. The van der Waals surface area contributed by atoms with Gasteiger partial charge < -0.3 is 16.2 Å². The third-order valence-electron chi connectivity index (χ3n) is 3.02. The maximum atomic E-state index is 12.2. The molecule has 1 amide bonds. The van der Waals surface area contributed by atoms with Crippen LogP contribution in [0.15, 0.2) is 35.7 Å². The molecule has 7 heteroatoms. The van der Waals surface area contributed by atoms with Crippen molar-refractivity contribution in [1.82, 2.24) is 10.3 Å². The fraction of sp³-hybridized carbons (Fsp3) is 0.214. The van der Waals surface area contributed by atoms with Gasteiger partial charge in [0, 0.05) is 5.38 Å². The zero-order valence-electron chi connectivity index (χ0n) is 11.4. The van der Waals surface area contributed by atoms with Gasteiger partial charge >= 0.3 is 5.97 Å². The molecule has 0 radical (unpaired) electrons. The third kappa shape index (κ3) is 3.45. The highest BCUT2D eigenvalue weighted by atomic mass is 32.1. The number of hydrogen-bond donors (Lipinski definition) is 3. The standard InChI is InChI=1S/C14H15N3O3S/c1-14(15,9-5-3-2-4-6-9)13(20)16-7-11-17-10(8-21-11)12(18)19/h2-6,8H,7,15H2,1H3,(H,16,20)(H,18,19). The Labute approximate surface area is 125 Å². The van der Waals surface area contributed by atoms with Crippen molar-refractivity contribution in [2.45, 2.75) is 19.0 Å². The average molecular weight is 305 g/mol. The van der Waals surface area contributed by atoms with Gasteiger partial charge in [-0.15, -0.1) is 11.3 Å². The Balaban J connectivity index is 2.02. The van der Waals surface area contributed by atoms with E-state index >= 15 is 0 Å². The number of benzene rings is 1. The van der Waals surface area contributed by atoms with Gasteiger partial charge in [0.25, 0.3) is 0 Å². The van der Waals surface area contributed by atoms with Crippen molar-refractivity contribution in [1.29, 1.82) is 0 Å². The van der Waals surface area contributed by atoms with Crippen LogP contribution in [-0.4, -0.2) is 22.0 Å². The molecule has 0 aliphatic heterocycles. The van der Waals surface area contributed by atoms with Crippen LogP contribution in [0, 0.1) is 0 Å². The van der Waals surface area contributed by atoms with Gasteiger partial charge in [-0.1, -0.05) is 30.3 Å². The summed E-state index contributed by atoms with van der Waals surface area (Å²) in [7, 11) is 0. The summed E-state index contributed by atoms with van der Waals surface area (Å²) in [5.74, 6) is -1.43. The second kappa shape index (κ2) is 6.02. The highest BCUT2D eigenvalue weighted by Crippen LogP contribution is 2.18. The van der Waals surface area contributed by atoms with Crippen molar-refractivity contribution >= 4 is 23.2 Å². The summed E-state index contributed by atoms with van der Waals surface area (Å²) in [5, 5.41) is 13.4. The number of nitrogens with two attached hydrogens (primary N) is 1. The molecule has 0 bridgehead atoms. The molecular formula is C14H15N3O3S. The number of aromatic carboxylic acids is 1. The third-order valence-corrected chi connectivity index (χ3v) is 3.87. The van der Waals surface area contributed by atoms with E-state index < -0.39 is 11.5 Å². The Morgan fingerprint density at radius 2 is 2.05 bits per heavy atom. The van der Waals surface area contributed by atoms with E-state index in [1.54, 1.807) is 19.1 Å². The van der Waals surface area contributed by atoms with Gasteiger partial charge in [0.15, 0.2) is 5.69 Å². The van der Waals surface area contributed by atoms with Gasteiger partial charge in [-0.25, -0.2) is 9.78 Å². The first-order valence-electron chi connectivity index (χ1n) is 6.21. The number of carbonyl (C=O) groups is 2. The lowest BCUT2D eigenvalue weighted by Gasteiger charge is -2.23. The first-order valence-corrected chi connectivity index (χ1v) is 7.09. The molecule has 0 aliphatic carbocycles. The molecule has 1 aromatic carbocycles. The molecule has 1 unspecified atom stereocenters. The van der Waals surface area contributed by atoms with Crippen LogP contribution in [0.2, 0.25) is 0 Å². The summed E-state index contributed by atoms with van der Waals surface area (Å²) < 4.78 is 0. The van der Waals surface area contributed by atoms with Crippen molar-refractivity contribution in [3.8, 4) is 0 Å². The Morgan fingerprint density at radius 1 is 1.38 bits per heavy atom. The molecule has 1 aromatic heterocycles. The number of carboxylic acid groups (broad SMARTS) is 1. The number of nitrogens with one attached hydrogen (secondary N) is 1. The summed E-state index contributed by atoms with van der Waals surface area (Å²) in [6.07, 6.45) is 0. The van der Waals surface area contributed by atoms with Gasteiger partial charge in [0.1, 0.15) is 10.5 Å². The topological polar surface area (TPSA) is 105 Å². The lowest BCUT2D eigenvalue weighted by molar-refractivity contribution is -0.126. The van der Waals surface area contributed by atoms with E-state index in [-0.39, 0.29) is 18.1 Å². The van der Waals surface area contributed by atoms with Crippen molar-refractivity contribution in [2.24, 2.45) is 5.73 Å². The number of nitrogens with zero attached hydrogens (tertiary/aromatic N) is 1. The van der Waals surface area contributed by atoms with Crippen molar-refractivity contribution in [2.75, 3.05) is 0 Å². The predicted octanol–water partition coefficient (Wildman–Crippen LogP) is 1.33. The van der Waals surface area contributed by atoms with Crippen LogP contribution < -0.4 is 11.1 Å². The molecule has 0 aliphatic rings. The van der Waals surface area contributed by atoms with Crippen LogP contribution in [0.1, 0.15) is 28.0 Å². The number of hydrogen-bond acceptors (Lipinski definition) is 5. The quantitative estimate of drug-likeness (QED) is 0.773. The highest BCUT2D eigenvalue weighted by molar-refractivity contribution is 7.09. The minimum Gasteiger partial charge on any atom is -0.476 e. The van der Waals surface area contributed by atoms with Crippen LogP contribution in [0.4, 0.5) is 0 Å². The average Bonchev–Trinajstić information content (AvgIpc) is 2.94. The fourth-order valence-corrected chi connectivity index (χ4v) is 2.45. The van der Waals surface area contributed by atoms with Crippen LogP contribution in [0.25, 0.3) is 0 Å². The van der Waals surface area contributed by atoms with Crippen molar-refractivity contribution < 1.29 is 14.7 Å². The molecule has 110 valence electrons. The van der Waals surface area contributed by atoms with Crippen LogP contribution >= 0.6 is 11.3 Å². The molecule has 0 spiro atoms. The van der Waals surface area contributed by atoms with E-state index in [1.807, 2.05) is 18.2 Å². The number of amides is 1. The molecule has 4 N–H and O–H groups in total. The number of carbonyl (C=O) groups excluding carboxylic acids is 1. The summed E-state index contributed by atoms with van der Waals surface area (Å²) in [6.45, 7) is 1.78. The maximum absolute atomic E-state index is 12.2. The molecule has 0 saturated carbocycles. The molecule has 0 saturated heterocycles. The summed E-state index contributed by atoms with van der Waals surface area (Å²) in [6, 6.07) is 9.04. The van der Waals surface area contributed by atoms with Gasteiger partial charge in [-0.2, -0.15) is 0 Å². The zero-order valence-corrected chi connectivity index (χ0v) is 12.2. The molecule has 1 atom stereocenters. The summed E-state index contributed by atoms with van der Waals surface area (Å²) in [4.78, 5) is 26.8. The van der Waals surface area contributed by atoms with Gasteiger partial charge in [-0.3, -0.25) is 4.79 Å². The van der Waals surface area contributed by atoms with E-state index in [4.69, 9.17) is 10.8 Å². The Bertz CT molecular complexity index is 652. The minimum absolute atomic E-state index is 0.0252. The van der Waals surface area contributed by atoms with Gasteiger partial charge in [-0.05, 0) is 12.5 Å². The van der Waals surface area contributed by atoms with E-state index in [1.165, 1.54) is 16.7 Å². The normalized spacial score (nSPS) is 13.4. The predicted molar refractivity (Wildman–Crippen MR) is 78.9 cm³/mol. The summed E-state index contributed by atoms with van der Waals surface area (Å²) >= 11 is 1.18. The summed E-state index contributed by atoms with van der Waals surface area (Å²) in [5.41, 5.74) is 5.59. The van der Waals surface area contributed by atoms with Gasteiger partial charge in [0.05, 0.1) is 6.54 Å². The smallest absolute Gasteiger partial charge is 0.355 e. The van der Waals surface area contributed by atoms with Crippen LogP contribution in [-0.2, 0) is 16.9 Å². The largest absolute Gasteiger partial charge is 0.476 e. The lowest BCUT2D eigenvalue weighted by Crippen LogP contribution is -2.48. The first-order chi connectivity index (χ1) is 9.91. The minimum atomic E-state index is -1.16. The number of aromatic nitrogens is 1. The fourth-order valence-electron chi connectivity index (χ4n) is 1.75. The van der Waals surface area contributed by atoms with Crippen molar-refractivity contribution in [3.63, 3.8) is 0 Å². The van der Waals surface area contributed by atoms with E-state index in [0.29, 0.717) is 10.6 Å². The second-order valence-electron chi connectivity index (χ2n) is 4.68. The van der Waals surface area contributed by atoms with E-state index in [2.05, 4.69) is 10.3 Å². The number of thiazole rings is 1. The van der Waals surface area contributed by atoms with Gasteiger partial charge in [0.2, 0.25) is 5.91 Å². The Kier molecular flexibility index (Phi) is 4.35. The SMILES string of the molecule is CC(N)(C(=O)NCc1nc(C(=O)O)cs1)c1ccccc1. The van der Waals surface area contributed by atoms with E-state index in [9.17, 15) is 9.59 Å². The molecular weight excluding hydrogens is 290 g/mol. The zero-order chi connectivity index (χ0) is 15.5. The molecule has 21 heavy (non-hydrogen) atoms.